The van der Waals surface area contributed by atoms with Crippen LogP contribution >= 0.6 is 0 Å². The summed E-state index contributed by atoms with van der Waals surface area (Å²) in [5.74, 6) is 0. The number of pyridine rings is 1. The highest BCUT2D eigenvalue weighted by Crippen LogP contribution is 2.26. The zero-order chi connectivity index (χ0) is 14.7. The van der Waals surface area contributed by atoms with Gasteiger partial charge in [-0.05, 0) is 42.0 Å². The zero-order valence-corrected chi connectivity index (χ0v) is 11.4. The van der Waals surface area contributed by atoms with E-state index in [0.29, 0.717) is 12.1 Å². The van der Waals surface area contributed by atoms with Crippen molar-refractivity contribution in [1.82, 2.24) is 4.98 Å². The van der Waals surface area contributed by atoms with E-state index < -0.39 is 0 Å². The predicted octanol–water partition coefficient (Wildman–Crippen LogP) is 3.30. The van der Waals surface area contributed by atoms with Crippen molar-refractivity contribution in [3.8, 4) is 6.07 Å². The molecule has 2 aromatic carbocycles. The third kappa shape index (κ3) is 2.63. The van der Waals surface area contributed by atoms with E-state index in [1.54, 1.807) is 6.20 Å². The number of nitrogens with one attached hydrogen (secondary N) is 1. The van der Waals surface area contributed by atoms with Gasteiger partial charge in [0.2, 0.25) is 0 Å². The summed E-state index contributed by atoms with van der Waals surface area (Å²) in [6.07, 6.45) is 1.76. The second kappa shape index (κ2) is 5.51. The first-order valence-corrected chi connectivity index (χ1v) is 6.64. The molecule has 0 aliphatic carbocycles. The molecule has 102 valence electrons. The molecular formula is C17H14N4. The van der Waals surface area contributed by atoms with Crippen LogP contribution in [0.4, 0.5) is 11.4 Å². The standard InChI is InChI=1S/C17H14N4/c18-10-12-3-5-13(6-4-12)11-21-16-8-7-15(19)14-2-1-9-20-17(14)16/h1-9,21H,11,19H2. The number of hydrogen-bond donors (Lipinski definition) is 2. The van der Waals surface area contributed by atoms with Crippen LogP contribution in [0.2, 0.25) is 0 Å². The lowest BCUT2D eigenvalue weighted by atomic mass is 10.1. The first-order chi connectivity index (χ1) is 10.3. The Kier molecular flexibility index (Phi) is 3.40. The third-order valence-corrected chi connectivity index (χ3v) is 3.37. The van der Waals surface area contributed by atoms with E-state index in [4.69, 9.17) is 11.0 Å². The minimum atomic E-state index is 0.665. The van der Waals surface area contributed by atoms with Crippen LogP contribution in [0.1, 0.15) is 11.1 Å². The summed E-state index contributed by atoms with van der Waals surface area (Å²) < 4.78 is 0. The number of nitrogens with zero attached hydrogens (tertiary/aromatic N) is 2. The molecule has 4 nitrogen and oxygen atoms in total. The lowest BCUT2D eigenvalue weighted by Crippen LogP contribution is -2.01. The second-order valence-electron chi connectivity index (χ2n) is 4.76. The summed E-state index contributed by atoms with van der Waals surface area (Å²) in [7, 11) is 0. The lowest BCUT2D eigenvalue weighted by molar-refractivity contribution is 1.15. The number of hydrogen-bond acceptors (Lipinski definition) is 4. The molecule has 0 radical (unpaired) electrons. The molecule has 0 unspecified atom stereocenters. The first-order valence-electron chi connectivity index (χ1n) is 6.64. The van der Waals surface area contributed by atoms with Crippen molar-refractivity contribution in [2.24, 2.45) is 0 Å². The van der Waals surface area contributed by atoms with Gasteiger partial charge in [0.15, 0.2) is 0 Å². The smallest absolute Gasteiger partial charge is 0.0991 e. The van der Waals surface area contributed by atoms with Gasteiger partial charge in [-0.1, -0.05) is 12.1 Å². The average molecular weight is 274 g/mol. The van der Waals surface area contributed by atoms with Gasteiger partial charge < -0.3 is 11.1 Å². The van der Waals surface area contributed by atoms with Gasteiger partial charge in [0.25, 0.3) is 0 Å². The third-order valence-electron chi connectivity index (χ3n) is 3.37. The van der Waals surface area contributed by atoms with Crippen molar-refractivity contribution in [1.29, 1.82) is 5.26 Å². The minimum absolute atomic E-state index is 0.665. The Morgan fingerprint density at radius 1 is 1.10 bits per heavy atom. The van der Waals surface area contributed by atoms with Gasteiger partial charge in [-0.2, -0.15) is 5.26 Å². The number of anilines is 2. The summed E-state index contributed by atoms with van der Waals surface area (Å²) in [6.45, 7) is 0.668. The van der Waals surface area contributed by atoms with Gasteiger partial charge in [-0.15, -0.1) is 0 Å². The molecule has 0 amide bonds. The highest BCUT2D eigenvalue weighted by Gasteiger charge is 2.04. The molecule has 0 saturated carbocycles. The van der Waals surface area contributed by atoms with Crippen LogP contribution in [0, 0.1) is 11.3 Å². The van der Waals surface area contributed by atoms with Crippen LogP contribution in [0.25, 0.3) is 10.9 Å². The lowest BCUT2D eigenvalue weighted by Gasteiger charge is -2.10. The molecule has 0 spiro atoms. The van der Waals surface area contributed by atoms with E-state index in [2.05, 4.69) is 16.4 Å². The van der Waals surface area contributed by atoms with Gasteiger partial charge in [0.05, 0.1) is 22.8 Å². The summed E-state index contributed by atoms with van der Waals surface area (Å²) in [5.41, 5.74) is 10.3. The van der Waals surface area contributed by atoms with E-state index in [-0.39, 0.29) is 0 Å². The fourth-order valence-electron chi connectivity index (χ4n) is 2.23. The van der Waals surface area contributed by atoms with Crippen LogP contribution < -0.4 is 11.1 Å². The quantitative estimate of drug-likeness (QED) is 0.718. The molecule has 0 bridgehead atoms. The Labute approximate surface area is 122 Å². The molecule has 0 aliphatic heterocycles. The van der Waals surface area contributed by atoms with Crippen molar-refractivity contribution in [3.05, 3.63) is 65.9 Å². The summed E-state index contributed by atoms with van der Waals surface area (Å²) in [4.78, 5) is 4.40. The number of nitrogen functional groups attached to an aromatic ring is 1. The van der Waals surface area contributed by atoms with E-state index in [1.165, 1.54) is 0 Å². The maximum absolute atomic E-state index is 8.80. The Balaban J connectivity index is 1.85. The number of rotatable bonds is 3. The Morgan fingerprint density at radius 2 is 1.90 bits per heavy atom. The van der Waals surface area contributed by atoms with Crippen molar-refractivity contribution in [2.75, 3.05) is 11.1 Å². The van der Waals surface area contributed by atoms with Crippen LogP contribution in [-0.4, -0.2) is 4.98 Å². The van der Waals surface area contributed by atoms with Gasteiger partial charge in [0.1, 0.15) is 0 Å². The van der Waals surface area contributed by atoms with Gasteiger partial charge in [0, 0.05) is 23.8 Å². The minimum Gasteiger partial charge on any atom is -0.398 e. The molecule has 0 aliphatic rings. The second-order valence-corrected chi connectivity index (χ2v) is 4.76. The van der Waals surface area contributed by atoms with Crippen molar-refractivity contribution in [3.63, 3.8) is 0 Å². The topological polar surface area (TPSA) is 74.7 Å². The van der Waals surface area contributed by atoms with Crippen LogP contribution in [-0.2, 0) is 6.54 Å². The average Bonchev–Trinajstić information content (AvgIpc) is 2.55. The van der Waals surface area contributed by atoms with Crippen LogP contribution in [0.5, 0.6) is 0 Å². The highest BCUT2D eigenvalue weighted by atomic mass is 14.9. The predicted molar refractivity (Wildman–Crippen MR) is 84.6 cm³/mol. The van der Waals surface area contributed by atoms with Gasteiger partial charge in [-0.3, -0.25) is 4.98 Å². The molecular weight excluding hydrogens is 260 g/mol. The highest BCUT2D eigenvalue weighted by molar-refractivity contribution is 5.98. The Bertz CT molecular complexity index is 816. The molecule has 1 heterocycles. The number of fused-ring (bicyclic) bond motifs is 1. The number of nitriles is 1. The molecule has 3 aromatic rings. The van der Waals surface area contributed by atoms with Crippen molar-refractivity contribution in [2.45, 2.75) is 6.54 Å². The molecule has 3 rings (SSSR count). The van der Waals surface area contributed by atoms with E-state index in [9.17, 15) is 0 Å². The fraction of sp³-hybridized carbons (Fsp3) is 0.0588. The van der Waals surface area contributed by atoms with E-state index in [1.807, 2.05) is 48.5 Å². The Hall–Kier alpha value is -3.06. The summed E-state index contributed by atoms with van der Waals surface area (Å²) in [5, 5.41) is 13.1. The Morgan fingerprint density at radius 3 is 2.67 bits per heavy atom. The molecule has 21 heavy (non-hydrogen) atoms. The van der Waals surface area contributed by atoms with Crippen molar-refractivity contribution >= 4 is 22.3 Å². The van der Waals surface area contributed by atoms with Crippen molar-refractivity contribution < 1.29 is 0 Å². The van der Waals surface area contributed by atoms with Crippen LogP contribution in [0.15, 0.2) is 54.7 Å². The summed E-state index contributed by atoms with van der Waals surface area (Å²) >= 11 is 0. The monoisotopic (exact) mass is 274 g/mol. The normalized spacial score (nSPS) is 10.2. The van der Waals surface area contributed by atoms with E-state index >= 15 is 0 Å². The number of benzene rings is 2. The molecule has 0 fully saturated rings. The first kappa shape index (κ1) is 12.9. The van der Waals surface area contributed by atoms with Gasteiger partial charge in [-0.25, -0.2) is 0 Å². The zero-order valence-electron chi connectivity index (χ0n) is 11.4. The SMILES string of the molecule is N#Cc1ccc(CNc2ccc(N)c3cccnc23)cc1. The molecule has 1 aromatic heterocycles. The number of nitrogens with two attached hydrogens (primary N) is 1. The maximum atomic E-state index is 8.80. The maximum Gasteiger partial charge on any atom is 0.0991 e. The summed E-state index contributed by atoms with van der Waals surface area (Å²) in [6, 6.07) is 17.3. The molecule has 0 saturated heterocycles. The fourth-order valence-corrected chi connectivity index (χ4v) is 2.23. The molecule has 3 N–H and O–H groups in total. The number of aromatic nitrogens is 1. The van der Waals surface area contributed by atoms with Gasteiger partial charge >= 0.3 is 0 Å². The molecule has 4 heteroatoms. The largest absolute Gasteiger partial charge is 0.398 e. The van der Waals surface area contributed by atoms with E-state index in [0.717, 1.165) is 27.8 Å². The molecule has 0 atom stereocenters. The van der Waals surface area contributed by atoms with Crippen LogP contribution in [0.3, 0.4) is 0 Å².